The number of hydrogen-bond acceptors (Lipinski definition) is 0. The zero-order valence-electron chi connectivity index (χ0n) is 4.15. The maximum Gasteiger partial charge on any atom is 3.00 e. The molecule has 0 unspecified atom stereocenters. The Bertz CT molecular complexity index is 13.0. The van der Waals surface area contributed by atoms with Crippen molar-refractivity contribution < 1.29 is 54.0 Å². The van der Waals surface area contributed by atoms with Crippen LogP contribution in [0.2, 0.25) is 0 Å². The van der Waals surface area contributed by atoms with Crippen molar-refractivity contribution in [3.8, 4) is 0 Å². The molecular formula is Cl3CoN6. The third kappa shape index (κ3) is 468. The van der Waals surface area contributed by atoms with Crippen LogP contribution in [0.25, 0.3) is 0 Å². The molecule has 0 amide bonds. The van der Waals surface area contributed by atoms with Crippen molar-refractivity contribution >= 4 is 0 Å². The Labute approximate surface area is 91.0 Å². The predicted octanol–water partition coefficient (Wildman–Crippen LogP) is -11.9. The van der Waals surface area contributed by atoms with E-state index < -0.39 is 0 Å². The molecule has 0 atom stereocenters. The number of rotatable bonds is 0. The van der Waals surface area contributed by atoms with Gasteiger partial charge < -0.3 is 37.2 Å². The fourth-order valence-corrected chi connectivity index (χ4v) is 0. The summed E-state index contributed by atoms with van der Waals surface area (Å²) < 4.78 is 0. The normalized spacial score (nSPS) is 0. The first-order valence-electron chi connectivity index (χ1n) is 0. The van der Waals surface area contributed by atoms with Crippen molar-refractivity contribution in [2.45, 2.75) is 0 Å². The van der Waals surface area contributed by atoms with Gasteiger partial charge in [0.15, 0.2) is 0 Å². The van der Waals surface area contributed by atoms with Gasteiger partial charge in [-0.2, -0.15) is 0 Å². The summed E-state index contributed by atoms with van der Waals surface area (Å²) in [6.45, 7) is 0. The van der Waals surface area contributed by atoms with Crippen molar-refractivity contribution in [1.82, 2.24) is 36.9 Å². The molecule has 0 aliphatic heterocycles. The Hall–Kier alpha value is 1.14. The van der Waals surface area contributed by atoms with Gasteiger partial charge in [0.2, 0.25) is 0 Å². The molecule has 10 heavy (non-hydrogen) atoms. The van der Waals surface area contributed by atoms with Crippen LogP contribution in [-0.2, 0) is 16.8 Å². The molecule has 0 rings (SSSR count). The smallest absolute Gasteiger partial charge is 1.00 e. The molecule has 0 aromatic heterocycles. The summed E-state index contributed by atoms with van der Waals surface area (Å²) in [6, 6.07) is 0. The van der Waals surface area contributed by atoms with E-state index in [4.69, 9.17) is 0 Å². The SMILES string of the molecule is [Cl-].[Cl-].[Cl-].[Co+3].[N].[N].[N].[N].[N].[N]. The maximum absolute atomic E-state index is 0. The molecule has 0 aliphatic carbocycles. The van der Waals surface area contributed by atoms with E-state index in [9.17, 15) is 0 Å². The van der Waals surface area contributed by atoms with Gasteiger partial charge in [-0.25, -0.2) is 0 Å². The van der Waals surface area contributed by atoms with Gasteiger partial charge in [-0.05, 0) is 0 Å². The van der Waals surface area contributed by atoms with E-state index in [0.717, 1.165) is 0 Å². The van der Waals surface area contributed by atoms with Crippen molar-refractivity contribution in [2.24, 2.45) is 0 Å². The van der Waals surface area contributed by atoms with E-state index >= 15 is 0 Å². The molecular weight excluding hydrogens is 249 g/mol. The summed E-state index contributed by atoms with van der Waals surface area (Å²) in [4.78, 5) is 0. The van der Waals surface area contributed by atoms with E-state index in [-0.39, 0.29) is 90.9 Å². The second kappa shape index (κ2) is 655. The average molecular weight is 249 g/mol. The third-order valence-electron chi connectivity index (χ3n) is 0. The molecule has 0 heterocycles. The summed E-state index contributed by atoms with van der Waals surface area (Å²) in [6.07, 6.45) is 0. The van der Waals surface area contributed by atoms with E-state index in [2.05, 4.69) is 0 Å². The van der Waals surface area contributed by atoms with E-state index in [1.807, 2.05) is 0 Å². The summed E-state index contributed by atoms with van der Waals surface area (Å²) >= 11 is 0. The first kappa shape index (κ1) is 886. The molecule has 0 aromatic carbocycles. The molecule has 0 saturated carbocycles. The molecule has 18 radical (unpaired) electrons. The molecule has 0 aromatic rings. The molecule has 0 N–H and O–H groups in total. The van der Waals surface area contributed by atoms with Crippen molar-refractivity contribution in [2.75, 3.05) is 0 Å². The fraction of sp³-hybridized carbons (Fsp3) is 0. The van der Waals surface area contributed by atoms with Crippen molar-refractivity contribution in [3.05, 3.63) is 0 Å². The minimum atomic E-state index is 0. The monoisotopic (exact) mass is 248 g/mol. The average Bonchev–Trinajstić information content (AvgIpc) is 0. The Balaban J connectivity index is 0. The summed E-state index contributed by atoms with van der Waals surface area (Å²) in [7, 11) is 0. The van der Waals surface area contributed by atoms with Crippen molar-refractivity contribution in [3.63, 3.8) is 0 Å². The van der Waals surface area contributed by atoms with Crippen LogP contribution in [0.5, 0.6) is 0 Å². The molecule has 0 saturated heterocycles. The molecule has 0 bridgehead atoms. The first-order valence-corrected chi connectivity index (χ1v) is 0. The zero-order chi connectivity index (χ0) is 0. The quantitative estimate of drug-likeness (QED) is 0.395. The second-order valence-electron chi connectivity index (χ2n) is 0. The van der Waals surface area contributed by atoms with E-state index in [0.29, 0.717) is 0 Å². The summed E-state index contributed by atoms with van der Waals surface area (Å²) in [5, 5.41) is 0. The van der Waals surface area contributed by atoms with Crippen LogP contribution in [0, 0.1) is 0 Å². The standard InChI is InChI=1S/3ClH.Co.6N/h3*1H;;;;;;;/q;;;+3;;;;;;/p-3. The molecule has 6 nitrogen and oxygen atoms in total. The summed E-state index contributed by atoms with van der Waals surface area (Å²) in [5.74, 6) is 0. The largest absolute Gasteiger partial charge is 3.00 e. The van der Waals surface area contributed by atoms with Gasteiger partial charge in [-0.3, -0.25) is 0 Å². The molecule has 0 aliphatic rings. The van der Waals surface area contributed by atoms with E-state index in [1.165, 1.54) is 0 Å². The topological polar surface area (TPSA) is 183 Å². The molecule has 0 spiro atoms. The Kier molecular flexibility index (Phi) is 58000. The van der Waals surface area contributed by atoms with Crippen LogP contribution in [0.15, 0.2) is 0 Å². The minimum Gasteiger partial charge on any atom is -1.00 e. The number of halogens is 3. The Morgan fingerprint density at radius 3 is 0.300 bits per heavy atom. The van der Waals surface area contributed by atoms with Gasteiger partial charge in [0.1, 0.15) is 0 Å². The minimum absolute atomic E-state index is 0. The first-order chi connectivity index (χ1) is 0. The van der Waals surface area contributed by atoms with Crippen LogP contribution < -0.4 is 74.1 Å². The Morgan fingerprint density at radius 1 is 0.300 bits per heavy atom. The number of nitrogens with zero attached hydrogens (tertiary/aromatic N) is 6. The van der Waals surface area contributed by atoms with Gasteiger partial charge >= 0.3 is 16.8 Å². The molecule has 60 valence electrons. The van der Waals surface area contributed by atoms with Crippen molar-refractivity contribution in [1.29, 1.82) is 0 Å². The van der Waals surface area contributed by atoms with Crippen LogP contribution in [0.4, 0.5) is 0 Å². The van der Waals surface area contributed by atoms with Crippen LogP contribution in [-0.4, -0.2) is 0 Å². The third-order valence-corrected chi connectivity index (χ3v) is 0. The second-order valence-corrected chi connectivity index (χ2v) is 0. The number of hydrogen-bond donors (Lipinski definition) is 0. The molecule has 0 fully saturated rings. The zero-order valence-corrected chi connectivity index (χ0v) is 7.46. The van der Waals surface area contributed by atoms with Crippen LogP contribution >= 0.6 is 0 Å². The van der Waals surface area contributed by atoms with E-state index in [1.54, 1.807) is 0 Å². The Morgan fingerprint density at radius 2 is 0.300 bits per heavy atom. The van der Waals surface area contributed by atoms with Crippen LogP contribution in [0.3, 0.4) is 0 Å². The van der Waals surface area contributed by atoms with Gasteiger partial charge in [-0.15, -0.1) is 0 Å². The van der Waals surface area contributed by atoms with Crippen LogP contribution in [0.1, 0.15) is 0 Å². The van der Waals surface area contributed by atoms with Gasteiger partial charge in [0.05, 0.1) is 0 Å². The maximum atomic E-state index is 0. The van der Waals surface area contributed by atoms with Gasteiger partial charge in [-0.1, -0.05) is 0 Å². The molecule has 10 heteroatoms. The fourth-order valence-electron chi connectivity index (χ4n) is 0. The summed E-state index contributed by atoms with van der Waals surface area (Å²) in [5.41, 5.74) is 0. The predicted molar refractivity (Wildman–Crippen MR) is 12.8 cm³/mol. The van der Waals surface area contributed by atoms with Gasteiger partial charge in [0, 0.05) is 36.9 Å². The van der Waals surface area contributed by atoms with Gasteiger partial charge in [0.25, 0.3) is 0 Å².